The van der Waals surface area contributed by atoms with Gasteiger partial charge in [-0.15, -0.1) is 11.3 Å². The van der Waals surface area contributed by atoms with Crippen molar-refractivity contribution in [2.45, 2.75) is 6.92 Å². The van der Waals surface area contributed by atoms with Gasteiger partial charge in [0.15, 0.2) is 0 Å². The van der Waals surface area contributed by atoms with E-state index in [1.54, 1.807) is 12.1 Å². The quantitative estimate of drug-likeness (QED) is 0.640. The predicted molar refractivity (Wildman–Crippen MR) is 94.4 cm³/mol. The van der Waals surface area contributed by atoms with E-state index in [4.69, 9.17) is 0 Å². The van der Waals surface area contributed by atoms with E-state index in [2.05, 4.69) is 16.2 Å². The molecule has 0 atom stereocenters. The largest absolute Gasteiger partial charge is 0.337 e. The molecule has 7 heteroatoms. The third-order valence-electron chi connectivity index (χ3n) is 3.33. The van der Waals surface area contributed by atoms with Crippen LogP contribution in [0, 0.1) is 6.92 Å². The molecule has 3 amide bonds. The van der Waals surface area contributed by atoms with Gasteiger partial charge in [-0.05, 0) is 42.6 Å². The Hall–Kier alpha value is -3.06. The number of hydrazine groups is 1. The van der Waals surface area contributed by atoms with Crippen LogP contribution in [0.2, 0.25) is 0 Å². The zero-order chi connectivity index (χ0) is 16.9. The van der Waals surface area contributed by atoms with Crippen LogP contribution in [0.1, 0.15) is 15.2 Å². The van der Waals surface area contributed by atoms with Crippen LogP contribution in [-0.2, 0) is 0 Å². The van der Waals surface area contributed by atoms with Crippen molar-refractivity contribution in [3.8, 4) is 5.69 Å². The molecule has 0 aliphatic rings. The van der Waals surface area contributed by atoms with Gasteiger partial charge in [0.2, 0.25) is 0 Å². The monoisotopic (exact) mass is 340 g/mol. The van der Waals surface area contributed by atoms with Crippen LogP contribution in [0.15, 0.2) is 60.2 Å². The van der Waals surface area contributed by atoms with E-state index in [1.807, 2.05) is 59.6 Å². The van der Waals surface area contributed by atoms with E-state index < -0.39 is 6.03 Å². The van der Waals surface area contributed by atoms with Crippen molar-refractivity contribution in [2.75, 3.05) is 5.32 Å². The normalized spacial score (nSPS) is 10.2. The van der Waals surface area contributed by atoms with Gasteiger partial charge in [-0.25, -0.2) is 10.2 Å². The van der Waals surface area contributed by atoms with Crippen molar-refractivity contribution in [1.82, 2.24) is 15.4 Å². The Morgan fingerprint density at radius 2 is 1.71 bits per heavy atom. The van der Waals surface area contributed by atoms with Gasteiger partial charge in [-0.2, -0.15) is 0 Å². The van der Waals surface area contributed by atoms with Crippen LogP contribution >= 0.6 is 11.3 Å². The molecule has 0 radical (unpaired) electrons. The van der Waals surface area contributed by atoms with Gasteiger partial charge in [-0.1, -0.05) is 17.7 Å². The lowest BCUT2D eigenvalue weighted by atomic mass is 10.2. The third-order valence-corrected chi connectivity index (χ3v) is 4.23. The molecule has 0 fully saturated rings. The molecule has 0 bridgehead atoms. The minimum Gasteiger partial charge on any atom is -0.322 e. The van der Waals surface area contributed by atoms with Crippen molar-refractivity contribution < 1.29 is 9.59 Å². The first-order chi connectivity index (χ1) is 11.6. The molecule has 2 aromatic heterocycles. The number of amides is 3. The smallest absolute Gasteiger partial charge is 0.322 e. The molecule has 122 valence electrons. The summed E-state index contributed by atoms with van der Waals surface area (Å²) in [5, 5.41) is 4.48. The SMILES string of the molecule is Cc1ccc(NC(=O)NNC(=O)c2sccc2-n2cccc2)cc1. The molecule has 6 nitrogen and oxygen atoms in total. The van der Waals surface area contributed by atoms with Crippen LogP contribution < -0.4 is 16.2 Å². The topological polar surface area (TPSA) is 75.2 Å². The highest BCUT2D eigenvalue weighted by Gasteiger charge is 2.14. The number of nitrogens with zero attached hydrogens (tertiary/aromatic N) is 1. The predicted octanol–water partition coefficient (Wildman–Crippen LogP) is 3.31. The summed E-state index contributed by atoms with van der Waals surface area (Å²) in [5.41, 5.74) is 7.29. The molecule has 3 rings (SSSR count). The van der Waals surface area contributed by atoms with Gasteiger partial charge in [0.25, 0.3) is 5.91 Å². The molecule has 2 heterocycles. The maximum atomic E-state index is 12.3. The van der Waals surface area contributed by atoms with Crippen LogP contribution in [-0.4, -0.2) is 16.5 Å². The number of hydrogen-bond acceptors (Lipinski definition) is 3. The average Bonchev–Trinajstić information content (AvgIpc) is 3.25. The molecule has 0 saturated heterocycles. The Kier molecular flexibility index (Phi) is 4.62. The second kappa shape index (κ2) is 7.01. The van der Waals surface area contributed by atoms with Gasteiger partial charge < -0.3 is 9.88 Å². The lowest BCUT2D eigenvalue weighted by Gasteiger charge is -2.10. The molecule has 0 aliphatic heterocycles. The molecule has 0 aliphatic carbocycles. The number of nitrogens with one attached hydrogen (secondary N) is 3. The van der Waals surface area contributed by atoms with E-state index in [0.29, 0.717) is 10.6 Å². The summed E-state index contributed by atoms with van der Waals surface area (Å²) in [7, 11) is 0. The first-order valence-corrected chi connectivity index (χ1v) is 8.16. The molecule has 3 aromatic rings. The number of thiophene rings is 1. The molecule has 0 unspecified atom stereocenters. The molecule has 0 spiro atoms. The average molecular weight is 340 g/mol. The Morgan fingerprint density at radius 3 is 2.42 bits per heavy atom. The highest BCUT2D eigenvalue weighted by molar-refractivity contribution is 7.12. The van der Waals surface area contributed by atoms with Crippen molar-refractivity contribution in [2.24, 2.45) is 0 Å². The fraction of sp³-hybridized carbons (Fsp3) is 0.0588. The number of anilines is 1. The summed E-state index contributed by atoms with van der Waals surface area (Å²) in [4.78, 5) is 24.6. The van der Waals surface area contributed by atoms with Crippen molar-refractivity contribution in [3.05, 3.63) is 70.7 Å². The van der Waals surface area contributed by atoms with Crippen molar-refractivity contribution in [3.63, 3.8) is 0 Å². The molecule has 3 N–H and O–H groups in total. The standard InChI is InChI=1S/C17H16N4O2S/c1-12-4-6-13(7-5-12)18-17(23)20-19-16(22)15-14(8-11-24-15)21-9-2-3-10-21/h2-11H,1H3,(H,19,22)(H2,18,20,23). The summed E-state index contributed by atoms with van der Waals surface area (Å²) in [6, 6.07) is 12.5. The van der Waals surface area contributed by atoms with E-state index in [0.717, 1.165) is 11.3 Å². The molecule has 0 saturated carbocycles. The van der Waals surface area contributed by atoms with E-state index >= 15 is 0 Å². The molecule has 1 aromatic carbocycles. The zero-order valence-electron chi connectivity index (χ0n) is 12.9. The summed E-state index contributed by atoms with van der Waals surface area (Å²) in [5.74, 6) is -0.368. The zero-order valence-corrected chi connectivity index (χ0v) is 13.8. The van der Waals surface area contributed by atoms with Crippen molar-refractivity contribution in [1.29, 1.82) is 0 Å². The van der Waals surface area contributed by atoms with E-state index in [1.165, 1.54) is 11.3 Å². The Morgan fingerprint density at radius 1 is 1.00 bits per heavy atom. The number of benzene rings is 1. The van der Waals surface area contributed by atoms with Crippen LogP contribution in [0.3, 0.4) is 0 Å². The van der Waals surface area contributed by atoms with Crippen molar-refractivity contribution >= 4 is 29.0 Å². The molecular weight excluding hydrogens is 324 g/mol. The minimum absolute atomic E-state index is 0.368. The summed E-state index contributed by atoms with van der Waals surface area (Å²) < 4.78 is 1.85. The number of aryl methyl sites for hydroxylation is 1. The summed E-state index contributed by atoms with van der Waals surface area (Å²) >= 11 is 1.31. The first kappa shape index (κ1) is 15.8. The Labute approximate surface area is 143 Å². The van der Waals surface area contributed by atoms with Crippen LogP contribution in [0.4, 0.5) is 10.5 Å². The highest BCUT2D eigenvalue weighted by atomic mass is 32.1. The number of rotatable bonds is 3. The number of carbonyl (C=O) groups excluding carboxylic acids is 2. The lowest BCUT2D eigenvalue weighted by molar-refractivity contribution is 0.0942. The van der Waals surface area contributed by atoms with Gasteiger partial charge in [0.1, 0.15) is 4.88 Å². The number of carbonyl (C=O) groups is 2. The summed E-state index contributed by atoms with van der Waals surface area (Å²) in [6.07, 6.45) is 3.72. The fourth-order valence-electron chi connectivity index (χ4n) is 2.14. The number of urea groups is 1. The number of aromatic nitrogens is 1. The Bertz CT molecular complexity index is 838. The lowest BCUT2D eigenvalue weighted by Crippen LogP contribution is -2.43. The van der Waals surface area contributed by atoms with Gasteiger partial charge in [0.05, 0.1) is 5.69 Å². The minimum atomic E-state index is -0.508. The maximum absolute atomic E-state index is 12.3. The summed E-state index contributed by atoms with van der Waals surface area (Å²) in [6.45, 7) is 1.97. The van der Waals surface area contributed by atoms with Crippen LogP contribution in [0.5, 0.6) is 0 Å². The fourth-order valence-corrected chi connectivity index (χ4v) is 2.93. The van der Waals surface area contributed by atoms with Crippen LogP contribution in [0.25, 0.3) is 5.69 Å². The third kappa shape index (κ3) is 3.64. The second-order valence-corrected chi connectivity index (χ2v) is 6.04. The maximum Gasteiger partial charge on any atom is 0.337 e. The Balaban J connectivity index is 1.59. The molecule has 24 heavy (non-hydrogen) atoms. The molecular formula is C17H16N4O2S. The van der Waals surface area contributed by atoms with E-state index in [9.17, 15) is 9.59 Å². The highest BCUT2D eigenvalue weighted by Crippen LogP contribution is 2.20. The van der Waals surface area contributed by atoms with E-state index in [-0.39, 0.29) is 5.91 Å². The van der Waals surface area contributed by atoms with Gasteiger partial charge in [0, 0.05) is 18.1 Å². The second-order valence-electron chi connectivity index (χ2n) is 5.12. The first-order valence-electron chi connectivity index (χ1n) is 7.28. The van der Waals surface area contributed by atoms with Gasteiger partial charge >= 0.3 is 6.03 Å². The van der Waals surface area contributed by atoms with Gasteiger partial charge in [-0.3, -0.25) is 10.2 Å². The number of hydrogen-bond donors (Lipinski definition) is 3.